The van der Waals surface area contributed by atoms with Crippen molar-refractivity contribution in [1.82, 2.24) is 20.3 Å². The van der Waals surface area contributed by atoms with E-state index in [9.17, 15) is 14.0 Å². The Bertz CT molecular complexity index is 610. The van der Waals surface area contributed by atoms with Crippen molar-refractivity contribution in [2.75, 3.05) is 0 Å². The molecule has 1 aromatic carbocycles. The third-order valence-corrected chi connectivity index (χ3v) is 2.84. The van der Waals surface area contributed by atoms with Crippen molar-refractivity contribution in [3.8, 4) is 0 Å². The lowest BCUT2D eigenvalue weighted by Crippen LogP contribution is -2.36. The smallest absolute Gasteiger partial charge is 0.242 e. The molecule has 1 unspecified atom stereocenters. The molecule has 1 heterocycles. The Kier molecular flexibility index (Phi) is 4.76. The molecule has 0 saturated heterocycles. The number of hydrogen-bond donors (Lipinski definition) is 1. The fourth-order valence-corrected chi connectivity index (χ4v) is 1.87. The first-order valence-electron chi connectivity index (χ1n) is 6.47. The van der Waals surface area contributed by atoms with E-state index in [-0.39, 0.29) is 36.5 Å². The molecule has 0 fully saturated rings. The lowest BCUT2D eigenvalue weighted by atomic mass is 10.0. The SMILES string of the molecule is CC(CC(=O)c1ccc(F)cc1)NC(=O)Cn1ccnn1. The quantitative estimate of drug-likeness (QED) is 0.811. The van der Waals surface area contributed by atoms with E-state index in [1.54, 1.807) is 13.1 Å². The Morgan fingerprint density at radius 1 is 1.33 bits per heavy atom. The fourth-order valence-electron chi connectivity index (χ4n) is 1.87. The minimum absolute atomic E-state index is 0.0507. The van der Waals surface area contributed by atoms with Crippen LogP contribution in [0.2, 0.25) is 0 Å². The van der Waals surface area contributed by atoms with Crippen molar-refractivity contribution in [1.29, 1.82) is 0 Å². The van der Waals surface area contributed by atoms with E-state index >= 15 is 0 Å². The van der Waals surface area contributed by atoms with Gasteiger partial charge in [-0.1, -0.05) is 5.21 Å². The van der Waals surface area contributed by atoms with Crippen molar-refractivity contribution >= 4 is 11.7 Å². The molecule has 0 bridgehead atoms. The van der Waals surface area contributed by atoms with Crippen LogP contribution < -0.4 is 5.32 Å². The molecule has 110 valence electrons. The van der Waals surface area contributed by atoms with E-state index in [1.807, 2.05) is 0 Å². The topological polar surface area (TPSA) is 76.9 Å². The van der Waals surface area contributed by atoms with Crippen LogP contribution in [0.15, 0.2) is 36.7 Å². The summed E-state index contributed by atoms with van der Waals surface area (Å²) in [6, 6.07) is 5.02. The van der Waals surface area contributed by atoms with Gasteiger partial charge in [0.1, 0.15) is 12.4 Å². The monoisotopic (exact) mass is 290 g/mol. The summed E-state index contributed by atoms with van der Waals surface area (Å²) in [5.74, 6) is -0.788. The zero-order valence-corrected chi connectivity index (χ0v) is 11.5. The minimum Gasteiger partial charge on any atom is -0.352 e. The Morgan fingerprint density at radius 2 is 2.05 bits per heavy atom. The highest BCUT2D eigenvalue weighted by molar-refractivity contribution is 5.96. The molecular formula is C14H15FN4O2. The zero-order chi connectivity index (χ0) is 15.2. The number of rotatable bonds is 6. The zero-order valence-electron chi connectivity index (χ0n) is 11.5. The summed E-state index contributed by atoms with van der Waals surface area (Å²) in [6.45, 7) is 1.79. The molecule has 2 aromatic rings. The highest BCUT2D eigenvalue weighted by Gasteiger charge is 2.14. The number of nitrogens with one attached hydrogen (secondary N) is 1. The molecule has 1 N–H and O–H groups in total. The standard InChI is InChI=1S/C14H15FN4O2/c1-10(17-14(21)9-19-7-6-16-18-19)8-13(20)11-2-4-12(15)5-3-11/h2-7,10H,8-9H2,1H3,(H,17,21). The van der Waals surface area contributed by atoms with Crippen molar-refractivity contribution in [2.24, 2.45) is 0 Å². The molecule has 6 nitrogen and oxygen atoms in total. The highest BCUT2D eigenvalue weighted by Crippen LogP contribution is 2.07. The third kappa shape index (κ3) is 4.48. The third-order valence-electron chi connectivity index (χ3n) is 2.84. The van der Waals surface area contributed by atoms with E-state index in [2.05, 4.69) is 15.6 Å². The molecule has 0 aliphatic heterocycles. The Labute approximate surface area is 121 Å². The Hall–Kier alpha value is -2.57. The highest BCUT2D eigenvalue weighted by atomic mass is 19.1. The summed E-state index contributed by atoms with van der Waals surface area (Å²) in [5, 5.41) is 9.99. The molecule has 0 aliphatic carbocycles. The molecule has 0 radical (unpaired) electrons. The van der Waals surface area contributed by atoms with Crippen LogP contribution in [-0.4, -0.2) is 32.7 Å². The summed E-state index contributed by atoms with van der Waals surface area (Å²) >= 11 is 0. The van der Waals surface area contributed by atoms with Crippen LogP contribution in [0.1, 0.15) is 23.7 Å². The van der Waals surface area contributed by atoms with Gasteiger partial charge in [-0.05, 0) is 31.2 Å². The van der Waals surface area contributed by atoms with Crippen LogP contribution in [-0.2, 0) is 11.3 Å². The van der Waals surface area contributed by atoms with E-state index in [4.69, 9.17) is 0 Å². The van der Waals surface area contributed by atoms with Crippen LogP contribution in [0.25, 0.3) is 0 Å². The van der Waals surface area contributed by atoms with Crippen molar-refractivity contribution in [2.45, 2.75) is 25.9 Å². The van der Waals surface area contributed by atoms with Gasteiger partial charge in [-0.15, -0.1) is 5.10 Å². The normalized spacial score (nSPS) is 11.9. The molecule has 0 spiro atoms. The second-order valence-corrected chi connectivity index (χ2v) is 4.70. The molecule has 1 aromatic heterocycles. The second-order valence-electron chi connectivity index (χ2n) is 4.70. The van der Waals surface area contributed by atoms with Gasteiger partial charge < -0.3 is 5.32 Å². The maximum atomic E-state index is 12.8. The first kappa shape index (κ1) is 14.8. The number of carbonyl (C=O) groups is 2. The van der Waals surface area contributed by atoms with Gasteiger partial charge in [0, 0.05) is 24.2 Å². The molecule has 0 aliphatic rings. The van der Waals surface area contributed by atoms with E-state index < -0.39 is 0 Å². The summed E-state index contributed by atoms with van der Waals surface area (Å²) < 4.78 is 14.2. The number of nitrogens with zero attached hydrogens (tertiary/aromatic N) is 3. The first-order chi connectivity index (χ1) is 10.0. The molecule has 7 heteroatoms. The molecule has 2 rings (SSSR count). The number of ketones is 1. The van der Waals surface area contributed by atoms with Gasteiger partial charge in [0.15, 0.2) is 5.78 Å². The van der Waals surface area contributed by atoms with Crippen LogP contribution in [0.4, 0.5) is 4.39 Å². The number of benzene rings is 1. The van der Waals surface area contributed by atoms with Crippen molar-refractivity contribution in [3.63, 3.8) is 0 Å². The molecule has 0 saturated carbocycles. The van der Waals surface area contributed by atoms with Crippen molar-refractivity contribution < 1.29 is 14.0 Å². The number of aromatic nitrogens is 3. The molecular weight excluding hydrogens is 275 g/mol. The average molecular weight is 290 g/mol. The van der Waals surface area contributed by atoms with Gasteiger partial charge in [-0.25, -0.2) is 9.07 Å². The van der Waals surface area contributed by atoms with E-state index in [0.717, 1.165) is 0 Å². The number of amides is 1. The van der Waals surface area contributed by atoms with Crippen LogP contribution in [0.5, 0.6) is 0 Å². The van der Waals surface area contributed by atoms with Crippen LogP contribution in [0.3, 0.4) is 0 Å². The predicted octanol–water partition coefficient (Wildman–Crippen LogP) is 1.19. The largest absolute Gasteiger partial charge is 0.352 e. The van der Waals surface area contributed by atoms with Gasteiger partial charge in [0.25, 0.3) is 0 Å². The van der Waals surface area contributed by atoms with Crippen LogP contribution in [0, 0.1) is 5.82 Å². The van der Waals surface area contributed by atoms with Gasteiger partial charge in [0.05, 0.1) is 6.20 Å². The summed E-state index contributed by atoms with van der Waals surface area (Å²) in [4.78, 5) is 23.7. The maximum Gasteiger partial charge on any atom is 0.242 e. The lowest BCUT2D eigenvalue weighted by Gasteiger charge is -2.13. The number of halogens is 1. The first-order valence-corrected chi connectivity index (χ1v) is 6.47. The lowest BCUT2D eigenvalue weighted by molar-refractivity contribution is -0.122. The predicted molar refractivity (Wildman–Crippen MR) is 73.0 cm³/mol. The van der Waals surface area contributed by atoms with Crippen molar-refractivity contribution in [3.05, 3.63) is 48.0 Å². The maximum absolute atomic E-state index is 12.8. The summed E-state index contributed by atoms with van der Waals surface area (Å²) in [7, 11) is 0. The summed E-state index contributed by atoms with van der Waals surface area (Å²) in [5.41, 5.74) is 0.425. The van der Waals surface area contributed by atoms with Gasteiger partial charge in [0.2, 0.25) is 5.91 Å². The van der Waals surface area contributed by atoms with E-state index in [1.165, 1.54) is 35.1 Å². The minimum atomic E-state index is -0.388. The molecule has 1 amide bonds. The molecule has 21 heavy (non-hydrogen) atoms. The number of Topliss-reactive ketones (excluding diaryl/α,β-unsaturated/α-hetero) is 1. The van der Waals surface area contributed by atoms with Crippen LogP contribution >= 0.6 is 0 Å². The van der Waals surface area contributed by atoms with Gasteiger partial charge in [-0.3, -0.25) is 9.59 Å². The average Bonchev–Trinajstić information content (AvgIpc) is 2.91. The van der Waals surface area contributed by atoms with Gasteiger partial charge >= 0.3 is 0 Å². The van der Waals surface area contributed by atoms with E-state index in [0.29, 0.717) is 5.56 Å². The fraction of sp³-hybridized carbons (Fsp3) is 0.286. The molecule has 1 atom stereocenters. The summed E-state index contributed by atoms with van der Waals surface area (Å²) in [6.07, 6.45) is 3.21. The Morgan fingerprint density at radius 3 is 2.67 bits per heavy atom. The second kappa shape index (κ2) is 6.74. The number of hydrogen-bond acceptors (Lipinski definition) is 4. The Balaban J connectivity index is 1.83. The number of carbonyl (C=O) groups excluding carboxylic acids is 2. The van der Waals surface area contributed by atoms with Gasteiger partial charge in [-0.2, -0.15) is 0 Å².